The third-order valence-electron chi connectivity index (χ3n) is 4.77. The molecule has 6 heteroatoms. The first-order valence-electron chi connectivity index (χ1n) is 9.97. The number of amides is 1. The summed E-state index contributed by atoms with van der Waals surface area (Å²) in [6, 6.07) is 4.59. The van der Waals surface area contributed by atoms with Crippen LogP contribution < -0.4 is 10.1 Å². The van der Waals surface area contributed by atoms with Crippen molar-refractivity contribution in [3.05, 3.63) is 29.6 Å². The van der Waals surface area contributed by atoms with Gasteiger partial charge in [-0.3, -0.25) is 0 Å². The molecule has 0 heterocycles. The second-order valence-electron chi connectivity index (χ2n) is 7.33. The molecule has 0 spiro atoms. The Morgan fingerprint density at radius 3 is 2.74 bits per heavy atom. The van der Waals surface area contributed by atoms with Crippen molar-refractivity contribution < 1.29 is 24.8 Å². The van der Waals surface area contributed by atoms with E-state index in [4.69, 9.17) is 14.2 Å². The minimum absolute atomic E-state index is 0. The molecule has 1 aromatic rings. The van der Waals surface area contributed by atoms with Crippen LogP contribution in [0, 0.1) is 11.7 Å². The maximum absolute atomic E-state index is 13.4. The Hall–Kier alpha value is -1.82. The fraction of sp³-hybridized carbons (Fsp3) is 0.667. The molecule has 0 aliphatic heterocycles. The average Bonchev–Trinajstić information content (AvgIpc) is 2.66. The van der Waals surface area contributed by atoms with Gasteiger partial charge in [-0.15, -0.1) is 0 Å². The molecule has 0 atom stereocenters. The van der Waals surface area contributed by atoms with Gasteiger partial charge in [0, 0.05) is 14.0 Å². The average molecular weight is 384 g/mol. The van der Waals surface area contributed by atoms with Crippen LogP contribution in [0.1, 0.15) is 58.9 Å². The zero-order valence-electron chi connectivity index (χ0n) is 16.5. The number of hydrogen-bond acceptors (Lipinski definition) is 4. The first-order chi connectivity index (χ1) is 13.1. The van der Waals surface area contributed by atoms with Crippen LogP contribution in [0.4, 0.5) is 9.18 Å². The summed E-state index contributed by atoms with van der Waals surface area (Å²) in [4.78, 5) is 11.6. The summed E-state index contributed by atoms with van der Waals surface area (Å²) >= 11 is 0. The SMILES string of the molecule is CC(C)c1ccc(F)cc1OCCOCCNC(=O)OCC1CCCCC1.[HH]. The Morgan fingerprint density at radius 2 is 2.00 bits per heavy atom. The van der Waals surface area contributed by atoms with Crippen LogP contribution in [-0.2, 0) is 9.47 Å². The monoisotopic (exact) mass is 383 g/mol. The van der Waals surface area contributed by atoms with E-state index in [-0.39, 0.29) is 19.3 Å². The first kappa shape index (κ1) is 21.5. The highest BCUT2D eigenvalue weighted by Gasteiger charge is 2.15. The molecule has 2 rings (SSSR count). The third kappa shape index (κ3) is 8.16. The number of carbonyl (C=O) groups is 1. The van der Waals surface area contributed by atoms with Crippen LogP contribution in [0.5, 0.6) is 5.75 Å². The van der Waals surface area contributed by atoms with E-state index in [1.807, 2.05) is 13.8 Å². The van der Waals surface area contributed by atoms with E-state index in [2.05, 4.69) is 5.32 Å². The van der Waals surface area contributed by atoms with Crippen LogP contribution in [0.15, 0.2) is 18.2 Å². The van der Waals surface area contributed by atoms with Gasteiger partial charge in [0.25, 0.3) is 0 Å². The van der Waals surface area contributed by atoms with Gasteiger partial charge in [-0.1, -0.05) is 39.2 Å². The third-order valence-corrected chi connectivity index (χ3v) is 4.77. The van der Waals surface area contributed by atoms with Gasteiger partial charge in [-0.05, 0) is 36.3 Å². The van der Waals surface area contributed by atoms with Crippen LogP contribution >= 0.6 is 0 Å². The lowest BCUT2D eigenvalue weighted by Gasteiger charge is -2.21. The van der Waals surface area contributed by atoms with Gasteiger partial charge in [0.05, 0.1) is 19.8 Å². The van der Waals surface area contributed by atoms with Crippen molar-refractivity contribution in [2.45, 2.75) is 51.9 Å². The van der Waals surface area contributed by atoms with E-state index in [1.54, 1.807) is 6.07 Å². The van der Waals surface area contributed by atoms with E-state index < -0.39 is 0 Å². The van der Waals surface area contributed by atoms with Crippen molar-refractivity contribution in [1.82, 2.24) is 5.32 Å². The summed E-state index contributed by atoms with van der Waals surface area (Å²) < 4.78 is 29.7. The predicted octanol–water partition coefficient (Wildman–Crippen LogP) is 4.90. The molecule has 27 heavy (non-hydrogen) atoms. The zero-order valence-corrected chi connectivity index (χ0v) is 16.5. The van der Waals surface area contributed by atoms with Gasteiger partial charge in [0.1, 0.15) is 18.2 Å². The molecule has 0 saturated heterocycles. The molecule has 1 fully saturated rings. The van der Waals surface area contributed by atoms with Crippen LogP contribution in [0.25, 0.3) is 0 Å². The Labute approximate surface area is 163 Å². The quantitative estimate of drug-likeness (QED) is 0.584. The number of hydrogen-bond donors (Lipinski definition) is 1. The molecule has 154 valence electrons. The van der Waals surface area contributed by atoms with E-state index in [9.17, 15) is 9.18 Å². The standard InChI is InChI=1S/C21H32FNO4.H2/c1-16(2)19-9-8-18(22)14-20(19)26-13-12-25-11-10-23-21(24)27-15-17-6-4-3-5-7-17;/h8-9,14,16-17H,3-7,10-13,15H2,1-2H3,(H,23,24);1H. The molecule has 1 aromatic carbocycles. The molecule has 0 bridgehead atoms. The number of carbonyl (C=O) groups excluding carboxylic acids is 1. The minimum atomic E-state index is -0.387. The molecule has 1 aliphatic rings. The molecule has 0 unspecified atom stereocenters. The van der Waals surface area contributed by atoms with Crippen molar-refractivity contribution in [2.24, 2.45) is 5.92 Å². The summed E-state index contributed by atoms with van der Waals surface area (Å²) in [5.41, 5.74) is 0.971. The lowest BCUT2D eigenvalue weighted by molar-refractivity contribution is 0.0921. The smallest absolute Gasteiger partial charge is 0.407 e. The summed E-state index contributed by atoms with van der Waals surface area (Å²) in [7, 11) is 0. The Bertz CT molecular complexity index is 580. The Balaban J connectivity index is 0.00000392. The fourth-order valence-corrected chi connectivity index (χ4v) is 3.25. The maximum atomic E-state index is 13.4. The van der Waals surface area contributed by atoms with Crippen molar-refractivity contribution in [3.63, 3.8) is 0 Å². The van der Waals surface area contributed by atoms with E-state index in [1.165, 1.54) is 31.4 Å². The number of alkyl carbamates (subject to hydrolysis) is 1. The minimum Gasteiger partial charge on any atom is -0.491 e. The van der Waals surface area contributed by atoms with Gasteiger partial charge < -0.3 is 19.5 Å². The van der Waals surface area contributed by atoms with Crippen molar-refractivity contribution in [1.29, 1.82) is 0 Å². The lowest BCUT2D eigenvalue weighted by atomic mass is 9.90. The summed E-state index contributed by atoms with van der Waals surface area (Å²) in [6.45, 7) is 6.04. The van der Waals surface area contributed by atoms with Crippen LogP contribution in [-0.4, -0.2) is 39.1 Å². The number of rotatable bonds is 10. The van der Waals surface area contributed by atoms with Gasteiger partial charge in [0.2, 0.25) is 0 Å². The highest BCUT2D eigenvalue weighted by atomic mass is 19.1. The van der Waals surface area contributed by atoms with E-state index >= 15 is 0 Å². The maximum Gasteiger partial charge on any atom is 0.407 e. The molecular weight excluding hydrogens is 349 g/mol. The molecule has 1 saturated carbocycles. The molecule has 1 aliphatic carbocycles. The van der Waals surface area contributed by atoms with Crippen molar-refractivity contribution >= 4 is 6.09 Å². The molecule has 5 nitrogen and oxygen atoms in total. The van der Waals surface area contributed by atoms with Gasteiger partial charge in [0.15, 0.2) is 0 Å². The van der Waals surface area contributed by atoms with Gasteiger partial charge >= 0.3 is 6.09 Å². The highest BCUT2D eigenvalue weighted by Crippen LogP contribution is 2.27. The Morgan fingerprint density at radius 1 is 1.22 bits per heavy atom. The van der Waals surface area contributed by atoms with Gasteiger partial charge in [-0.25, -0.2) is 9.18 Å². The largest absolute Gasteiger partial charge is 0.491 e. The van der Waals surface area contributed by atoms with E-state index in [0.717, 1.165) is 18.4 Å². The first-order valence-corrected chi connectivity index (χ1v) is 9.97. The van der Waals surface area contributed by atoms with Crippen LogP contribution in [0.2, 0.25) is 0 Å². The van der Waals surface area contributed by atoms with E-state index in [0.29, 0.717) is 44.6 Å². The lowest BCUT2D eigenvalue weighted by Crippen LogP contribution is -2.30. The van der Waals surface area contributed by atoms with Crippen LogP contribution in [0.3, 0.4) is 0 Å². The predicted molar refractivity (Wildman–Crippen MR) is 105 cm³/mol. The van der Waals surface area contributed by atoms with Gasteiger partial charge in [-0.2, -0.15) is 0 Å². The number of ether oxygens (including phenoxy) is 3. The topological polar surface area (TPSA) is 56.8 Å². The number of halogens is 1. The normalized spacial score (nSPS) is 15.0. The second-order valence-corrected chi connectivity index (χ2v) is 7.33. The molecule has 1 amide bonds. The summed E-state index contributed by atoms with van der Waals surface area (Å²) in [6.07, 6.45) is 5.68. The molecule has 0 radical (unpaired) electrons. The number of nitrogens with one attached hydrogen (secondary N) is 1. The second kappa shape index (κ2) is 11.8. The van der Waals surface area contributed by atoms with Crippen molar-refractivity contribution in [3.8, 4) is 5.75 Å². The summed E-state index contributed by atoms with van der Waals surface area (Å²) in [5, 5.41) is 2.69. The molecular formula is C21H34FNO4. The fourth-order valence-electron chi connectivity index (χ4n) is 3.25. The highest BCUT2D eigenvalue weighted by molar-refractivity contribution is 5.67. The zero-order chi connectivity index (χ0) is 19.5. The molecule has 1 N–H and O–H groups in total. The Kier molecular flexibility index (Phi) is 9.39. The number of benzene rings is 1. The van der Waals surface area contributed by atoms with Crippen molar-refractivity contribution in [2.75, 3.05) is 33.0 Å². The molecule has 0 aromatic heterocycles. The summed E-state index contributed by atoms with van der Waals surface area (Å²) in [5.74, 6) is 1.01.